The number of rotatable bonds is 7. The number of fused-ring (bicyclic) bond motifs is 1. The van der Waals surface area contributed by atoms with Crippen LogP contribution in [0.3, 0.4) is 0 Å². The van der Waals surface area contributed by atoms with Crippen LogP contribution in [0.1, 0.15) is 37.4 Å². The van der Waals surface area contributed by atoms with Crippen molar-refractivity contribution < 1.29 is 4.79 Å². The predicted octanol–water partition coefficient (Wildman–Crippen LogP) is 5.48. The van der Waals surface area contributed by atoms with Gasteiger partial charge in [-0.15, -0.1) is 22.7 Å². The van der Waals surface area contributed by atoms with E-state index in [2.05, 4.69) is 73.6 Å². The highest BCUT2D eigenvalue weighted by Crippen LogP contribution is 2.37. The predicted molar refractivity (Wildman–Crippen MR) is 114 cm³/mol. The Hall–Kier alpha value is -1.69. The average molecular weight is 387 g/mol. The van der Waals surface area contributed by atoms with E-state index < -0.39 is 0 Å². The van der Waals surface area contributed by atoms with E-state index in [0.717, 1.165) is 16.3 Å². The van der Waals surface area contributed by atoms with Gasteiger partial charge in [0.25, 0.3) is 5.91 Å². The summed E-state index contributed by atoms with van der Waals surface area (Å²) in [5, 5.41) is 6.51. The molecule has 0 aliphatic rings. The van der Waals surface area contributed by atoms with Crippen molar-refractivity contribution in [2.45, 2.75) is 39.8 Å². The summed E-state index contributed by atoms with van der Waals surface area (Å²) in [5.74, 6) is 0.0215. The molecule has 0 saturated heterocycles. The first-order chi connectivity index (χ1) is 12.5. The van der Waals surface area contributed by atoms with Crippen molar-refractivity contribution in [2.75, 3.05) is 13.1 Å². The van der Waals surface area contributed by atoms with Gasteiger partial charge < -0.3 is 5.32 Å². The zero-order valence-electron chi connectivity index (χ0n) is 15.8. The summed E-state index contributed by atoms with van der Waals surface area (Å²) in [6.45, 7) is 10.3. The second kappa shape index (κ2) is 8.33. The van der Waals surface area contributed by atoms with E-state index in [4.69, 9.17) is 0 Å². The fourth-order valence-corrected chi connectivity index (χ4v) is 5.26. The highest BCUT2D eigenvalue weighted by molar-refractivity contribution is 7.20. The van der Waals surface area contributed by atoms with Crippen LogP contribution in [0.15, 0.2) is 41.8 Å². The SMILES string of the molecule is CC(C)N(CCNC(=O)c1ccc(-c2csc3ccccc23)s1)C(C)C. The minimum absolute atomic E-state index is 0.0215. The lowest BCUT2D eigenvalue weighted by molar-refractivity contribution is 0.0943. The molecule has 0 aliphatic carbocycles. The second-order valence-electron chi connectivity index (χ2n) is 6.99. The van der Waals surface area contributed by atoms with E-state index in [-0.39, 0.29) is 5.91 Å². The van der Waals surface area contributed by atoms with Crippen LogP contribution >= 0.6 is 22.7 Å². The number of thiophene rings is 2. The number of carbonyl (C=O) groups is 1. The summed E-state index contributed by atoms with van der Waals surface area (Å²) < 4.78 is 1.28. The summed E-state index contributed by atoms with van der Waals surface area (Å²) in [7, 11) is 0. The van der Waals surface area contributed by atoms with Gasteiger partial charge in [-0.25, -0.2) is 0 Å². The molecule has 0 bridgehead atoms. The monoisotopic (exact) mass is 386 g/mol. The quantitative estimate of drug-likeness (QED) is 0.583. The molecule has 1 aromatic carbocycles. The lowest BCUT2D eigenvalue weighted by Crippen LogP contribution is -2.42. The molecule has 0 spiro atoms. The molecule has 0 unspecified atom stereocenters. The Morgan fingerprint density at radius 3 is 2.54 bits per heavy atom. The number of amides is 1. The number of nitrogens with one attached hydrogen (secondary N) is 1. The molecule has 2 aromatic heterocycles. The van der Waals surface area contributed by atoms with E-state index in [0.29, 0.717) is 18.6 Å². The normalized spacial score (nSPS) is 11.8. The third-order valence-corrected chi connectivity index (χ3v) is 6.64. The number of hydrogen-bond donors (Lipinski definition) is 1. The Bertz CT molecular complexity index is 871. The molecule has 3 nitrogen and oxygen atoms in total. The van der Waals surface area contributed by atoms with Crippen LogP contribution in [0.5, 0.6) is 0 Å². The lowest BCUT2D eigenvalue weighted by atomic mass is 10.1. The van der Waals surface area contributed by atoms with Crippen LogP contribution in [-0.4, -0.2) is 36.0 Å². The first-order valence-corrected chi connectivity index (χ1v) is 10.8. The molecule has 0 radical (unpaired) electrons. The molecule has 0 atom stereocenters. The molecule has 0 fully saturated rings. The van der Waals surface area contributed by atoms with Gasteiger partial charge in [-0.1, -0.05) is 18.2 Å². The van der Waals surface area contributed by atoms with Crippen molar-refractivity contribution >= 4 is 38.7 Å². The fraction of sp³-hybridized carbons (Fsp3) is 0.381. The highest BCUT2D eigenvalue weighted by atomic mass is 32.1. The standard InChI is InChI=1S/C21H26N2OS2/c1-14(2)23(15(3)4)12-11-22-21(24)20-10-9-19(26-20)17-13-25-18-8-6-5-7-16(17)18/h5-10,13-15H,11-12H2,1-4H3,(H,22,24). The van der Waals surface area contributed by atoms with Crippen LogP contribution in [0.2, 0.25) is 0 Å². The van der Waals surface area contributed by atoms with Gasteiger partial charge in [0.05, 0.1) is 4.88 Å². The van der Waals surface area contributed by atoms with E-state index in [1.165, 1.54) is 15.6 Å². The van der Waals surface area contributed by atoms with Gasteiger partial charge >= 0.3 is 0 Å². The summed E-state index contributed by atoms with van der Waals surface area (Å²) in [6, 6.07) is 13.4. The van der Waals surface area contributed by atoms with E-state index >= 15 is 0 Å². The Labute approximate surface area is 163 Å². The van der Waals surface area contributed by atoms with E-state index in [1.807, 2.05) is 6.07 Å². The molecular weight excluding hydrogens is 360 g/mol. The summed E-state index contributed by atoms with van der Waals surface area (Å²) in [4.78, 5) is 16.8. The van der Waals surface area contributed by atoms with Gasteiger partial charge in [0.15, 0.2) is 0 Å². The molecular formula is C21H26N2OS2. The van der Waals surface area contributed by atoms with Crippen molar-refractivity contribution in [3.05, 3.63) is 46.7 Å². The molecule has 0 saturated carbocycles. The topological polar surface area (TPSA) is 32.3 Å². The summed E-state index contributed by atoms with van der Waals surface area (Å²) in [5.41, 5.74) is 1.22. The van der Waals surface area contributed by atoms with E-state index in [1.54, 1.807) is 22.7 Å². The zero-order valence-corrected chi connectivity index (χ0v) is 17.4. The summed E-state index contributed by atoms with van der Waals surface area (Å²) in [6.07, 6.45) is 0. The van der Waals surface area contributed by atoms with Crippen molar-refractivity contribution in [3.8, 4) is 10.4 Å². The third kappa shape index (κ3) is 4.17. The first-order valence-electron chi connectivity index (χ1n) is 9.07. The minimum atomic E-state index is 0.0215. The van der Waals surface area contributed by atoms with Gasteiger partial charge in [0.2, 0.25) is 0 Å². The number of nitrogens with zero attached hydrogens (tertiary/aromatic N) is 1. The van der Waals surface area contributed by atoms with Gasteiger partial charge in [-0.3, -0.25) is 9.69 Å². The molecule has 1 amide bonds. The first kappa shape index (κ1) is 19.1. The Balaban J connectivity index is 1.65. The van der Waals surface area contributed by atoms with Gasteiger partial charge in [0.1, 0.15) is 0 Å². The maximum atomic E-state index is 12.5. The minimum Gasteiger partial charge on any atom is -0.350 e. The molecule has 26 heavy (non-hydrogen) atoms. The van der Waals surface area contributed by atoms with Crippen molar-refractivity contribution in [1.29, 1.82) is 0 Å². The highest BCUT2D eigenvalue weighted by Gasteiger charge is 2.15. The molecule has 5 heteroatoms. The maximum Gasteiger partial charge on any atom is 0.261 e. The Kier molecular flexibility index (Phi) is 6.12. The van der Waals surface area contributed by atoms with Gasteiger partial charge in [0, 0.05) is 51.1 Å². The van der Waals surface area contributed by atoms with Gasteiger partial charge in [-0.05, 0) is 45.9 Å². The number of benzene rings is 1. The molecule has 138 valence electrons. The van der Waals surface area contributed by atoms with Crippen LogP contribution in [0.25, 0.3) is 20.5 Å². The molecule has 2 heterocycles. The van der Waals surface area contributed by atoms with Crippen LogP contribution in [0, 0.1) is 0 Å². The molecule has 3 rings (SSSR count). The van der Waals surface area contributed by atoms with Crippen LogP contribution in [0.4, 0.5) is 0 Å². The summed E-state index contributed by atoms with van der Waals surface area (Å²) >= 11 is 3.32. The van der Waals surface area contributed by atoms with Crippen molar-refractivity contribution in [2.24, 2.45) is 0 Å². The molecule has 0 aliphatic heterocycles. The fourth-order valence-electron chi connectivity index (χ4n) is 3.27. The number of carbonyl (C=O) groups excluding carboxylic acids is 1. The number of hydrogen-bond acceptors (Lipinski definition) is 4. The van der Waals surface area contributed by atoms with E-state index in [9.17, 15) is 4.79 Å². The Morgan fingerprint density at radius 2 is 1.81 bits per heavy atom. The Morgan fingerprint density at radius 1 is 1.08 bits per heavy atom. The van der Waals surface area contributed by atoms with Crippen LogP contribution < -0.4 is 5.32 Å². The largest absolute Gasteiger partial charge is 0.350 e. The zero-order chi connectivity index (χ0) is 18.7. The smallest absolute Gasteiger partial charge is 0.261 e. The second-order valence-corrected chi connectivity index (χ2v) is 8.99. The molecule has 1 N–H and O–H groups in total. The van der Waals surface area contributed by atoms with Gasteiger partial charge in [-0.2, -0.15) is 0 Å². The lowest BCUT2D eigenvalue weighted by Gasteiger charge is -2.30. The van der Waals surface area contributed by atoms with Crippen molar-refractivity contribution in [3.63, 3.8) is 0 Å². The van der Waals surface area contributed by atoms with Crippen LogP contribution in [-0.2, 0) is 0 Å². The molecule has 3 aromatic rings. The maximum absolute atomic E-state index is 12.5. The van der Waals surface area contributed by atoms with Crippen molar-refractivity contribution in [1.82, 2.24) is 10.2 Å². The average Bonchev–Trinajstić information content (AvgIpc) is 3.24. The third-order valence-electron chi connectivity index (χ3n) is 4.56.